The van der Waals surface area contributed by atoms with Crippen molar-refractivity contribution >= 4 is 0 Å². The second kappa shape index (κ2) is 4.32. The van der Waals surface area contributed by atoms with E-state index in [2.05, 4.69) is 46.8 Å². The monoisotopic (exact) mass is 138 g/mol. The molecule has 58 valence electrons. The van der Waals surface area contributed by atoms with Crippen LogP contribution in [0.15, 0.2) is 23.3 Å². The fraction of sp³-hybridized carbons (Fsp3) is 0.600. The van der Waals surface area contributed by atoms with Crippen LogP contribution < -0.4 is 0 Å². The zero-order valence-corrected chi connectivity index (χ0v) is 7.73. The summed E-state index contributed by atoms with van der Waals surface area (Å²) < 4.78 is 0. The molecule has 0 heterocycles. The second-order valence-corrected chi connectivity index (χ2v) is 3.07. The lowest BCUT2D eigenvalue weighted by molar-refractivity contribution is 0.823. The van der Waals surface area contributed by atoms with Crippen LogP contribution in [0.2, 0.25) is 0 Å². The van der Waals surface area contributed by atoms with Crippen LogP contribution in [0.1, 0.15) is 34.6 Å². The van der Waals surface area contributed by atoms with Crippen molar-refractivity contribution < 1.29 is 0 Å². The maximum atomic E-state index is 2.29. The Morgan fingerprint density at radius 3 is 1.90 bits per heavy atom. The zero-order valence-electron chi connectivity index (χ0n) is 7.73. The van der Waals surface area contributed by atoms with E-state index in [1.165, 1.54) is 11.1 Å². The Bertz CT molecular complexity index is 147. The average molecular weight is 138 g/mol. The van der Waals surface area contributed by atoms with Crippen molar-refractivity contribution in [1.29, 1.82) is 0 Å². The van der Waals surface area contributed by atoms with Crippen molar-refractivity contribution in [3.05, 3.63) is 23.3 Å². The van der Waals surface area contributed by atoms with Crippen LogP contribution in [0.25, 0.3) is 0 Å². The van der Waals surface area contributed by atoms with Crippen molar-refractivity contribution in [3.8, 4) is 0 Å². The molecule has 0 amide bonds. The number of rotatable bonds is 2. The molecule has 0 atom stereocenters. The molecule has 0 saturated carbocycles. The number of hydrogen-bond acceptors (Lipinski definition) is 0. The van der Waals surface area contributed by atoms with Crippen LogP contribution in [0.5, 0.6) is 0 Å². The van der Waals surface area contributed by atoms with E-state index in [0.29, 0.717) is 5.92 Å². The Kier molecular flexibility index (Phi) is 4.10. The first-order valence-corrected chi connectivity index (χ1v) is 3.89. The van der Waals surface area contributed by atoms with Gasteiger partial charge in [-0.1, -0.05) is 37.1 Å². The van der Waals surface area contributed by atoms with Crippen LogP contribution in [0.4, 0.5) is 0 Å². The highest BCUT2D eigenvalue weighted by Crippen LogP contribution is 2.10. The summed E-state index contributed by atoms with van der Waals surface area (Å²) in [6.45, 7) is 10.8. The molecule has 0 unspecified atom stereocenters. The van der Waals surface area contributed by atoms with E-state index >= 15 is 0 Å². The summed E-state index contributed by atoms with van der Waals surface area (Å²) in [5.41, 5.74) is 2.78. The van der Waals surface area contributed by atoms with Crippen LogP contribution in [-0.4, -0.2) is 0 Å². The Labute approximate surface area is 64.6 Å². The van der Waals surface area contributed by atoms with E-state index in [-0.39, 0.29) is 0 Å². The van der Waals surface area contributed by atoms with Crippen molar-refractivity contribution in [2.75, 3.05) is 0 Å². The molecule has 0 aromatic carbocycles. The zero-order chi connectivity index (χ0) is 8.15. The van der Waals surface area contributed by atoms with Gasteiger partial charge in [0.05, 0.1) is 0 Å². The molecule has 0 aliphatic heterocycles. The highest BCUT2D eigenvalue weighted by atomic mass is 14.0. The summed E-state index contributed by atoms with van der Waals surface area (Å²) in [7, 11) is 0. The largest absolute Gasteiger partial charge is 0.0845 e. The standard InChI is InChI=1S/C10H18/c1-6-9(4)10(5)7-8(2)3/h6-8H,1-5H3/b9-6-,10-7-. The van der Waals surface area contributed by atoms with E-state index in [4.69, 9.17) is 0 Å². The van der Waals surface area contributed by atoms with Gasteiger partial charge in [0.25, 0.3) is 0 Å². The third kappa shape index (κ3) is 3.49. The van der Waals surface area contributed by atoms with Crippen molar-refractivity contribution in [3.63, 3.8) is 0 Å². The van der Waals surface area contributed by atoms with Crippen LogP contribution in [0.3, 0.4) is 0 Å². The summed E-state index contributed by atoms with van der Waals surface area (Å²) in [6, 6.07) is 0. The fourth-order valence-electron chi connectivity index (χ4n) is 0.859. The van der Waals surface area contributed by atoms with Gasteiger partial charge in [0, 0.05) is 0 Å². The Morgan fingerprint density at radius 2 is 1.60 bits per heavy atom. The lowest BCUT2D eigenvalue weighted by atomic mass is 10.0. The van der Waals surface area contributed by atoms with E-state index in [0.717, 1.165) is 0 Å². The van der Waals surface area contributed by atoms with Gasteiger partial charge in [-0.05, 0) is 26.7 Å². The average Bonchev–Trinajstić information content (AvgIpc) is 1.85. The van der Waals surface area contributed by atoms with E-state index in [1.807, 2.05) is 0 Å². The lowest BCUT2D eigenvalue weighted by Gasteiger charge is -2.02. The molecule has 10 heavy (non-hydrogen) atoms. The number of hydrogen-bond donors (Lipinski definition) is 0. The molecule has 0 N–H and O–H groups in total. The van der Waals surface area contributed by atoms with Gasteiger partial charge in [-0.15, -0.1) is 0 Å². The maximum Gasteiger partial charge on any atom is -0.0285 e. The molecule has 0 aromatic rings. The molecule has 0 rings (SSSR count). The molecule has 0 aromatic heterocycles. The fourth-order valence-corrected chi connectivity index (χ4v) is 0.859. The van der Waals surface area contributed by atoms with Gasteiger partial charge in [-0.25, -0.2) is 0 Å². The molecule has 0 radical (unpaired) electrons. The highest BCUT2D eigenvalue weighted by Gasteiger charge is 1.92. The molecule has 0 spiro atoms. The summed E-state index contributed by atoms with van der Waals surface area (Å²) in [4.78, 5) is 0. The SMILES string of the molecule is C/C=C(C)\C(C)=C/C(C)C. The first kappa shape index (κ1) is 9.48. The summed E-state index contributed by atoms with van der Waals surface area (Å²) in [6.07, 6.45) is 4.43. The molecular formula is C10H18. The van der Waals surface area contributed by atoms with Gasteiger partial charge in [-0.2, -0.15) is 0 Å². The van der Waals surface area contributed by atoms with E-state index < -0.39 is 0 Å². The van der Waals surface area contributed by atoms with Gasteiger partial charge >= 0.3 is 0 Å². The van der Waals surface area contributed by atoms with Gasteiger partial charge in [0.1, 0.15) is 0 Å². The minimum atomic E-state index is 0.662. The van der Waals surface area contributed by atoms with Crippen molar-refractivity contribution in [2.24, 2.45) is 5.92 Å². The second-order valence-electron chi connectivity index (χ2n) is 3.07. The van der Waals surface area contributed by atoms with Gasteiger partial charge in [-0.3, -0.25) is 0 Å². The van der Waals surface area contributed by atoms with Crippen LogP contribution in [0, 0.1) is 5.92 Å². The topological polar surface area (TPSA) is 0 Å². The Balaban J connectivity index is 4.20. The third-order valence-electron chi connectivity index (χ3n) is 1.64. The molecule has 0 nitrogen and oxygen atoms in total. The minimum absolute atomic E-state index is 0.662. The molecule has 0 fully saturated rings. The molecule has 0 saturated heterocycles. The predicted molar refractivity (Wildman–Crippen MR) is 48.0 cm³/mol. The summed E-state index contributed by atoms with van der Waals surface area (Å²) >= 11 is 0. The number of allylic oxidation sites excluding steroid dienone is 4. The predicted octanol–water partition coefficient (Wildman–Crippen LogP) is 3.55. The van der Waals surface area contributed by atoms with E-state index in [1.54, 1.807) is 0 Å². The quantitative estimate of drug-likeness (QED) is 0.512. The van der Waals surface area contributed by atoms with Gasteiger partial charge in [0.15, 0.2) is 0 Å². The third-order valence-corrected chi connectivity index (χ3v) is 1.64. The van der Waals surface area contributed by atoms with Crippen molar-refractivity contribution in [1.82, 2.24) is 0 Å². The van der Waals surface area contributed by atoms with Gasteiger partial charge < -0.3 is 0 Å². The first-order valence-electron chi connectivity index (χ1n) is 3.89. The van der Waals surface area contributed by atoms with Gasteiger partial charge in [0.2, 0.25) is 0 Å². The van der Waals surface area contributed by atoms with Crippen LogP contribution >= 0.6 is 0 Å². The first-order chi connectivity index (χ1) is 4.57. The molecule has 0 aliphatic rings. The molecule has 0 aliphatic carbocycles. The lowest BCUT2D eigenvalue weighted by Crippen LogP contribution is -1.84. The van der Waals surface area contributed by atoms with Crippen molar-refractivity contribution in [2.45, 2.75) is 34.6 Å². The molecule has 0 heteroatoms. The van der Waals surface area contributed by atoms with E-state index in [9.17, 15) is 0 Å². The summed E-state index contributed by atoms with van der Waals surface area (Å²) in [5.74, 6) is 0.662. The summed E-state index contributed by atoms with van der Waals surface area (Å²) in [5, 5.41) is 0. The smallest absolute Gasteiger partial charge is 0.0285 e. The van der Waals surface area contributed by atoms with Crippen LogP contribution in [-0.2, 0) is 0 Å². The minimum Gasteiger partial charge on any atom is -0.0845 e. The normalized spacial score (nSPS) is 14.6. The molecular weight excluding hydrogens is 120 g/mol. The molecule has 0 bridgehead atoms. The Morgan fingerprint density at radius 1 is 1.10 bits per heavy atom. The highest BCUT2D eigenvalue weighted by molar-refractivity contribution is 5.26. The Hall–Kier alpha value is -0.520. The maximum absolute atomic E-state index is 2.29.